The summed E-state index contributed by atoms with van der Waals surface area (Å²) >= 11 is 6.51. The van der Waals surface area contributed by atoms with Gasteiger partial charge in [0.2, 0.25) is 0 Å². The minimum Gasteiger partial charge on any atom is -0.463 e. The van der Waals surface area contributed by atoms with Crippen LogP contribution in [0.5, 0.6) is 0 Å². The van der Waals surface area contributed by atoms with Gasteiger partial charge in [0.15, 0.2) is 0 Å². The lowest BCUT2D eigenvalue weighted by Gasteiger charge is -2.24. The molecule has 0 saturated heterocycles. The number of rotatable bonds is 4. The summed E-state index contributed by atoms with van der Waals surface area (Å²) in [5, 5.41) is 5.57. The topological polar surface area (TPSA) is 75.8 Å². The second-order valence-corrected chi connectivity index (χ2v) is 9.05. The van der Waals surface area contributed by atoms with Gasteiger partial charge in [-0.3, -0.25) is 0 Å². The number of aromatic nitrogens is 1. The van der Waals surface area contributed by atoms with Gasteiger partial charge in [-0.2, -0.15) is 17.9 Å². The summed E-state index contributed by atoms with van der Waals surface area (Å²) in [6, 6.07) is 20.5. The quantitative estimate of drug-likeness (QED) is 0.420. The highest BCUT2D eigenvalue weighted by Gasteiger charge is 2.39. The Morgan fingerprint density at radius 3 is 2.53 bits per heavy atom. The molecule has 0 fully saturated rings. The molecule has 150 valence electrons. The Hall–Kier alpha value is -3.16. The van der Waals surface area contributed by atoms with Gasteiger partial charge in [-0.15, -0.1) is 0 Å². The average molecular weight is 438 g/mol. The van der Waals surface area contributed by atoms with Crippen LogP contribution in [0.15, 0.2) is 93.5 Å². The molecule has 1 aliphatic heterocycles. The van der Waals surface area contributed by atoms with E-state index in [1.54, 1.807) is 42.5 Å². The van der Waals surface area contributed by atoms with Crippen molar-refractivity contribution in [3.05, 3.63) is 95.5 Å². The number of halogens is 1. The van der Waals surface area contributed by atoms with Crippen LogP contribution < -0.4 is 0 Å². The normalized spacial score (nSPS) is 16.8. The van der Waals surface area contributed by atoms with Crippen molar-refractivity contribution in [1.82, 2.24) is 9.40 Å². The summed E-state index contributed by atoms with van der Waals surface area (Å²) in [6.45, 7) is 0. The number of para-hydroxylation sites is 1. The van der Waals surface area contributed by atoms with Crippen LogP contribution in [0, 0.1) is 0 Å². The number of benzene rings is 2. The number of furan rings is 1. The second-order valence-electron chi connectivity index (χ2n) is 6.90. The van der Waals surface area contributed by atoms with Gasteiger partial charge in [-0.1, -0.05) is 48.0 Å². The molecular weight excluding hydrogens is 422 g/mol. The molecule has 0 radical (unpaired) electrons. The molecule has 3 heterocycles. The minimum atomic E-state index is -3.91. The van der Waals surface area contributed by atoms with E-state index in [1.165, 1.54) is 6.26 Å². The van der Waals surface area contributed by atoms with Gasteiger partial charge in [0.25, 0.3) is 10.0 Å². The van der Waals surface area contributed by atoms with Crippen LogP contribution in [-0.4, -0.2) is 23.5 Å². The lowest BCUT2D eigenvalue weighted by molar-refractivity contribution is 0.371. The first kappa shape index (κ1) is 18.8. The molecule has 1 atom stereocenters. The van der Waals surface area contributed by atoms with E-state index < -0.39 is 16.1 Å². The fourth-order valence-corrected chi connectivity index (χ4v) is 5.29. The van der Waals surface area contributed by atoms with E-state index in [4.69, 9.17) is 16.0 Å². The number of hydrogen-bond acceptors (Lipinski definition) is 5. The Morgan fingerprint density at radius 1 is 1.00 bits per heavy atom. The van der Waals surface area contributed by atoms with E-state index in [0.29, 0.717) is 23.5 Å². The van der Waals surface area contributed by atoms with E-state index in [2.05, 4.69) is 10.1 Å². The van der Waals surface area contributed by atoms with Crippen molar-refractivity contribution < 1.29 is 12.8 Å². The third-order valence-electron chi connectivity index (χ3n) is 5.03. The maximum atomic E-state index is 13.4. The van der Waals surface area contributed by atoms with Gasteiger partial charge in [0, 0.05) is 17.4 Å². The summed E-state index contributed by atoms with van der Waals surface area (Å²) in [5.41, 5.74) is 1.88. The number of fused-ring (bicyclic) bond motifs is 1. The molecule has 0 amide bonds. The van der Waals surface area contributed by atoms with Crippen LogP contribution >= 0.6 is 11.6 Å². The minimum absolute atomic E-state index is 0.157. The van der Waals surface area contributed by atoms with E-state index in [1.807, 2.05) is 30.3 Å². The van der Waals surface area contributed by atoms with E-state index >= 15 is 0 Å². The van der Waals surface area contributed by atoms with Crippen LogP contribution in [0.1, 0.15) is 23.8 Å². The molecule has 6 nitrogen and oxygen atoms in total. The van der Waals surface area contributed by atoms with Crippen LogP contribution in [0.25, 0.3) is 10.9 Å². The van der Waals surface area contributed by atoms with Crippen molar-refractivity contribution in [3.63, 3.8) is 0 Å². The van der Waals surface area contributed by atoms with Gasteiger partial charge >= 0.3 is 0 Å². The van der Waals surface area contributed by atoms with Crippen molar-refractivity contribution in [3.8, 4) is 0 Å². The summed E-state index contributed by atoms with van der Waals surface area (Å²) in [6.07, 6.45) is 1.85. The highest BCUT2D eigenvalue weighted by molar-refractivity contribution is 7.89. The van der Waals surface area contributed by atoms with Gasteiger partial charge in [0.1, 0.15) is 16.6 Å². The fourth-order valence-electron chi connectivity index (χ4n) is 3.58. The number of nitrogens with zero attached hydrogens (tertiary/aromatic N) is 3. The molecule has 2 aromatic heterocycles. The number of hydrogen-bond donors (Lipinski definition) is 0. The second kappa shape index (κ2) is 7.27. The Balaban J connectivity index is 1.66. The third-order valence-corrected chi connectivity index (χ3v) is 7.03. The lowest BCUT2D eigenvalue weighted by atomic mass is 10.0. The van der Waals surface area contributed by atoms with Gasteiger partial charge in [-0.25, -0.2) is 4.98 Å². The van der Waals surface area contributed by atoms with Crippen LogP contribution in [-0.2, 0) is 10.0 Å². The average Bonchev–Trinajstić information content (AvgIpc) is 3.44. The van der Waals surface area contributed by atoms with Gasteiger partial charge in [-0.05, 0) is 36.4 Å². The van der Waals surface area contributed by atoms with Crippen LogP contribution in [0.2, 0.25) is 5.15 Å². The Kier molecular flexibility index (Phi) is 4.56. The Bertz CT molecular complexity index is 1350. The standard InChI is InChI=1S/C22H16ClN3O3S/c23-22-17(13-15-7-4-5-10-18(15)24-22)20-14-19(21-11-6-12-29-21)25-26(20)30(27,28)16-8-2-1-3-9-16/h1-13,20H,14H2. The predicted molar refractivity (Wildman–Crippen MR) is 115 cm³/mol. The lowest BCUT2D eigenvalue weighted by Crippen LogP contribution is -2.27. The zero-order chi connectivity index (χ0) is 20.7. The monoisotopic (exact) mass is 437 g/mol. The maximum absolute atomic E-state index is 13.4. The smallest absolute Gasteiger partial charge is 0.279 e. The first-order valence-electron chi connectivity index (χ1n) is 9.30. The van der Waals surface area contributed by atoms with Gasteiger partial charge < -0.3 is 4.42 Å². The first-order valence-corrected chi connectivity index (χ1v) is 11.1. The number of pyridine rings is 1. The predicted octanol–water partition coefficient (Wildman–Crippen LogP) is 5.02. The molecule has 1 unspecified atom stereocenters. The largest absolute Gasteiger partial charge is 0.463 e. The van der Waals surface area contributed by atoms with E-state index in [9.17, 15) is 8.42 Å². The number of hydrazone groups is 1. The SMILES string of the molecule is O=S(=O)(c1ccccc1)N1N=C(c2ccco2)CC1c1cc2ccccc2nc1Cl. The summed E-state index contributed by atoms with van der Waals surface area (Å²) in [4.78, 5) is 4.62. The molecule has 8 heteroatoms. The zero-order valence-electron chi connectivity index (χ0n) is 15.6. The zero-order valence-corrected chi connectivity index (χ0v) is 17.2. The van der Waals surface area contributed by atoms with Crippen molar-refractivity contribution in [2.75, 3.05) is 0 Å². The molecule has 0 saturated carbocycles. The third kappa shape index (κ3) is 3.16. The first-order chi connectivity index (χ1) is 14.5. The summed E-state index contributed by atoms with van der Waals surface area (Å²) in [7, 11) is -3.91. The Morgan fingerprint density at radius 2 is 1.77 bits per heavy atom. The fraction of sp³-hybridized carbons (Fsp3) is 0.0909. The maximum Gasteiger partial charge on any atom is 0.279 e. The molecule has 0 bridgehead atoms. The molecule has 0 N–H and O–H groups in total. The summed E-state index contributed by atoms with van der Waals surface area (Å²) in [5.74, 6) is 0.524. The van der Waals surface area contributed by atoms with Crippen LogP contribution in [0.4, 0.5) is 0 Å². The van der Waals surface area contributed by atoms with E-state index in [-0.39, 0.29) is 10.0 Å². The molecule has 4 aromatic rings. The summed E-state index contributed by atoms with van der Waals surface area (Å²) < 4.78 is 33.5. The molecule has 30 heavy (non-hydrogen) atoms. The molecule has 0 spiro atoms. The molecular formula is C22H16ClN3O3S. The van der Waals surface area contributed by atoms with E-state index in [0.717, 1.165) is 15.3 Å². The van der Waals surface area contributed by atoms with Crippen LogP contribution in [0.3, 0.4) is 0 Å². The Labute approximate surface area is 178 Å². The van der Waals surface area contributed by atoms with Crippen molar-refractivity contribution in [1.29, 1.82) is 0 Å². The van der Waals surface area contributed by atoms with Crippen molar-refractivity contribution >= 4 is 38.2 Å². The van der Waals surface area contributed by atoms with Crippen molar-refractivity contribution in [2.45, 2.75) is 17.4 Å². The molecule has 1 aliphatic rings. The highest BCUT2D eigenvalue weighted by atomic mass is 35.5. The molecule has 2 aromatic carbocycles. The van der Waals surface area contributed by atoms with Crippen molar-refractivity contribution in [2.24, 2.45) is 5.10 Å². The van der Waals surface area contributed by atoms with Gasteiger partial charge in [0.05, 0.1) is 22.7 Å². The molecule has 5 rings (SSSR count). The number of sulfonamides is 1. The highest BCUT2D eigenvalue weighted by Crippen LogP contribution is 2.40. The molecule has 0 aliphatic carbocycles.